The van der Waals surface area contributed by atoms with Gasteiger partial charge < -0.3 is 0 Å². The summed E-state index contributed by atoms with van der Waals surface area (Å²) in [6.45, 7) is 2.37. The van der Waals surface area contributed by atoms with Crippen LogP contribution in [0.1, 0.15) is 38.8 Å². The van der Waals surface area contributed by atoms with Crippen molar-refractivity contribution in [1.82, 2.24) is 0 Å². The van der Waals surface area contributed by atoms with Gasteiger partial charge in [-0.3, -0.25) is 9.59 Å². The quantitative estimate of drug-likeness (QED) is 0.578. The molecule has 0 aliphatic heterocycles. The van der Waals surface area contributed by atoms with E-state index in [9.17, 15) is 22.8 Å². The largest absolute Gasteiger partial charge is 0.416 e. The molecule has 1 aromatic carbocycles. The van der Waals surface area contributed by atoms with Crippen molar-refractivity contribution in [1.29, 1.82) is 0 Å². The Morgan fingerprint density at radius 2 is 1.88 bits per heavy atom. The third kappa shape index (κ3) is 2.29. The Morgan fingerprint density at radius 1 is 1.31 bits per heavy atom. The van der Waals surface area contributed by atoms with Crippen LogP contribution in [0.15, 0.2) is 12.1 Å². The number of hydrogen-bond donors (Lipinski definition) is 0. The lowest BCUT2D eigenvalue weighted by Crippen LogP contribution is -2.11. The Hall–Kier alpha value is -1.65. The van der Waals surface area contributed by atoms with Gasteiger partial charge in [0, 0.05) is 11.1 Å². The van der Waals surface area contributed by atoms with Gasteiger partial charge in [-0.1, -0.05) is 0 Å². The van der Waals surface area contributed by atoms with E-state index in [1.165, 1.54) is 6.92 Å². The molecule has 5 heteroatoms. The standard InChI is InChI=1S/C11H9F3O2/c1-6-3-8(5-15)9(7(2)16)4-10(6)11(12,13)14/h3-5H,1-2H3. The van der Waals surface area contributed by atoms with Crippen LogP contribution >= 0.6 is 0 Å². The lowest BCUT2D eigenvalue weighted by molar-refractivity contribution is -0.138. The number of rotatable bonds is 2. The number of aryl methyl sites for hydroxylation is 1. The van der Waals surface area contributed by atoms with Crippen molar-refractivity contribution < 1.29 is 22.8 Å². The highest BCUT2D eigenvalue weighted by Gasteiger charge is 2.33. The molecule has 0 heterocycles. The Balaban J connectivity index is 3.51. The van der Waals surface area contributed by atoms with Crippen molar-refractivity contribution in [2.45, 2.75) is 20.0 Å². The molecule has 0 atom stereocenters. The van der Waals surface area contributed by atoms with Crippen LogP contribution in [-0.2, 0) is 6.18 Å². The lowest BCUT2D eigenvalue weighted by Gasteiger charge is -2.12. The molecule has 1 aromatic rings. The second-order valence-electron chi connectivity index (χ2n) is 3.43. The fraction of sp³-hybridized carbons (Fsp3) is 0.273. The number of alkyl halides is 3. The maximum absolute atomic E-state index is 12.5. The molecule has 0 saturated carbocycles. The minimum Gasteiger partial charge on any atom is -0.298 e. The zero-order valence-corrected chi connectivity index (χ0v) is 8.68. The fourth-order valence-corrected chi connectivity index (χ4v) is 1.44. The highest BCUT2D eigenvalue weighted by Crippen LogP contribution is 2.33. The molecular weight excluding hydrogens is 221 g/mol. The summed E-state index contributed by atoms with van der Waals surface area (Å²) in [6, 6.07) is 1.80. The summed E-state index contributed by atoms with van der Waals surface area (Å²) in [5.74, 6) is -0.562. The van der Waals surface area contributed by atoms with Gasteiger partial charge in [0.05, 0.1) is 5.56 Å². The Bertz CT molecular complexity index is 447. The second-order valence-corrected chi connectivity index (χ2v) is 3.43. The molecule has 16 heavy (non-hydrogen) atoms. The summed E-state index contributed by atoms with van der Waals surface area (Å²) in [5.41, 5.74) is -1.17. The first kappa shape index (κ1) is 12.4. The Kier molecular flexibility index (Phi) is 3.16. The summed E-state index contributed by atoms with van der Waals surface area (Å²) in [5, 5.41) is 0. The molecule has 0 aliphatic rings. The minimum absolute atomic E-state index is 0.0157. The number of carbonyl (C=O) groups excluding carboxylic acids is 2. The first-order valence-corrected chi connectivity index (χ1v) is 4.45. The Morgan fingerprint density at radius 3 is 2.25 bits per heavy atom. The number of benzene rings is 1. The lowest BCUT2D eigenvalue weighted by atomic mass is 9.97. The molecular formula is C11H9F3O2. The highest BCUT2D eigenvalue weighted by molar-refractivity contribution is 6.01. The van der Waals surface area contributed by atoms with Crippen molar-refractivity contribution in [3.05, 3.63) is 34.4 Å². The van der Waals surface area contributed by atoms with Gasteiger partial charge in [-0.15, -0.1) is 0 Å². The van der Waals surface area contributed by atoms with Gasteiger partial charge in [-0.25, -0.2) is 0 Å². The maximum atomic E-state index is 12.5. The van der Waals surface area contributed by atoms with E-state index < -0.39 is 17.5 Å². The van der Waals surface area contributed by atoms with Crippen molar-refractivity contribution >= 4 is 12.1 Å². The highest BCUT2D eigenvalue weighted by atomic mass is 19.4. The van der Waals surface area contributed by atoms with E-state index in [1.54, 1.807) is 0 Å². The summed E-state index contributed by atoms with van der Waals surface area (Å²) in [7, 11) is 0. The molecule has 0 N–H and O–H groups in total. The first-order valence-electron chi connectivity index (χ1n) is 4.45. The number of carbonyl (C=O) groups is 2. The third-order valence-corrected chi connectivity index (χ3v) is 2.21. The zero-order valence-electron chi connectivity index (χ0n) is 8.68. The summed E-state index contributed by atoms with van der Waals surface area (Å²) >= 11 is 0. The van der Waals surface area contributed by atoms with Gasteiger partial charge in [0.15, 0.2) is 12.1 Å². The molecule has 0 fully saturated rings. The van der Waals surface area contributed by atoms with E-state index in [0.717, 1.165) is 19.1 Å². The fourth-order valence-electron chi connectivity index (χ4n) is 1.44. The van der Waals surface area contributed by atoms with E-state index in [4.69, 9.17) is 0 Å². The van der Waals surface area contributed by atoms with Gasteiger partial charge in [0.25, 0.3) is 0 Å². The van der Waals surface area contributed by atoms with Crippen LogP contribution in [0.5, 0.6) is 0 Å². The van der Waals surface area contributed by atoms with Crippen LogP contribution in [0.2, 0.25) is 0 Å². The molecule has 0 spiro atoms. The Labute approximate surface area is 90.1 Å². The molecule has 86 valence electrons. The molecule has 0 saturated heterocycles. The van der Waals surface area contributed by atoms with E-state index >= 15 is 0 Å². The smallest absolute Gasteiger partial charge is 0.298 e. The number of halogens is 3. The number of ketones is 1. The van der Waals surface area contributed by atoms with Crippen LogP contribution in [-0.4, -0.2) is 12.1 Å². The molecule has 0 aliphatic carbocycles. The third-order valence-electron chi connectivity index (χ3n) is 2.21. The maximum Gasteiger partial charge on any atom is 0.416 e. The van der Waals surface area contributed by atoms with Crippen molar-refractivity contribution in [3.8, 4) is 0 Å². The van der Waals surface area contributed by atoms with Crippen LogP contribution in [0.3, 0.4) is 0 Å². The van der Waals surface area contributed by atoms with Crippen LogP contribution in [0.25, 0.3) is 0 Å². The van der Waals surface area contributed by atoms with E-state index in [0.29, 0.717) is 6.29 Å². The number of hydrogen-bond acceptors (Lipinski definition) is 2. The molecule has 0 unspecified atom stereocenters. The SMILES string of the molecule is CC(=O)c1cc(C(F)(F)F)c(C)cc1C=O. The molecule has 2 nitrogen and oxygen atoms in total. The average molecular weight is 230 g/mol. The topological polar surface area (TPSA) is 34.1 Å². The first-order chi connectivity index (χ1) is 7.27. The average Bonchev–Trinajstić information content (AvgIpc) is 2.14. The van der Waals surface area contributed by atoms with Gasteiger partial charge in [0.2, 0.25) is 0 Å². The van der Waals surface area contributed by atoms with Crippen LogP contribution in [0, 0.1) is 6.92 Å². The van der Waals surface area contributed by atoms with Crippen molar-refractivity contribution in [2.75, 3.05) is 0 Å². The molecule has 0 amide bonds. The van der Waals surface area contributed by atoms with Gasteiger partial charge in [0.1, 0.15) is 0 Å². The van der Waals surface area contributed by atoms with E-state index in [2.05, 4.69) is 0 Å². The van der Waals surface area contributed by atoms with E-state index in [-0.39, 0.29) is 16.7 Å². The minimum atomic E-state index is -4.52. The second kappa shape index (κ2) is 4.08. The van der Waals surface area contributed by atoms with Crippen molar-refractivity contribution in [2.24, 2.45) is 0 Å². The summed E-state index contributed by atoms with van der Waals surface area (Å²) in [4.78, 5) is 21.7. The normalized spacial score (nSPS) is 11.3. The summed E-state index contributed by atoms with van der Waals surface area (Å²) < 4.78 is 37.6. The molecule has 1 rings (SSSR count). The van der Waals surface area contributed by atoms with Gasteiger partial charge in [-0.05, 0) is 31.5 Å². The predicted molar refractivity (Wildman–Crippen MR) is 51.6 cm³/mol. The molecule has 0 bridgehead atoms. The van der Waals surface area contributed by atoms with Crippen LogP contribution < -0.4 is 0 Å². The number of Topliss-reactive ketones (excluding diaryl/α,β-unsaturated/α-hetero) is 1. The predicted octanol–water partition coefficient (Wildman–Crippen LogP) is 3.03. The molecule has 0 radical (unpaired) electrons. The monoisotopic (exact) mass is 230 g/mol. The van der Waals surface area contributed by atoms with Gasteiger partial charge in [-0.2, -0.15) is 13.2 Å². The van der Waals surface area contributed by atoms with Crippen molar-refractivity contribution in [3.63, 3.8) is 0 Å². The van der Waals surface area contributed by atoms with Crippen LogP contribution in [0.4, 0.5) is 13.2 Å². The zero-order chi connectivity index (χ0) is 12.5. The summed E-state index contributed by atoms with van der Waals surface area (Å²) in [6.07, 6.45) is -4.14. The van der Waals surface area contributed by atoms with E-state index in [1.807, 2.05) is 0 Å². The van der Waals surface area contributed by atoms with Gasteiger partial charge >= 0.3 is 6.18 Å². The molecule has 0 aromatic heterocycles. The number of aldehydes is 1.